The summed E-state index contributed by atoms with van der Waals surface area (Å²) >= 11 is 0. The second-order valence-corrected chi connectivity index (χ2v) is 18.7. The Morgan fingerprint density at radius 3 is 2.22 bits per heavy atom. The first-order valence-electron chi connectivity index (χ1n) is 12.4. The third-order valence-electron chi connectivity index (χ3n) is 6.68. The molecule has 1 aliphatic heterocycles. The average Bonchev–Trinajstić information content (AvgIpc) is 3.27. The fraction of sp³-hybridized carbons (Fsp3) is 0.522. The predicted molar refractivity (Wildman–Crippen MR) is 154 cm³/mol. The Morgan fingerprint density at radius 2 is 1.66 bits per heavy atom. The van der Waals surface area contributed by atoms with E-state index >= 15 is 0 Å². The Balaban J connectivity index is 2.08. The number of hydrogen-bond donors (Lipinski definition) is 2. The zero-order chi connectivity index (χ0) is 31.0. The van der Waals surface area contributed by atoms with Crippen LogP contribution in [0.2, 0.25) is 0 Å². The van der Waals surface area contributed by atoms with Crippen LogP contribution in [-0.4, -0.2) is 90.4 Å². The topological polar surface area (TPSA) is 207 Å². The van der Waals surface area contributed by atoms with Crippen molar-refractivity contribution >= 4 is 57.1 Å². The maximum absolute atomic E-state index is 13.3. The number of carbonyl (C=O) groups excluding carboxylic acids is 1. The summed E-state index contributed by atoms with van der Waals surface area (Å²) in [5.74, 6) is -1.51. The van der Waals surface area contributed by atoms with Gasteiger partial charge in [0.1, 0.15) is 11.6 Å². The molecular formula is C23H33N5O9S4. The first kappa shape index (κ1) is 32.7. The van der Waals surface area contributed by atoms with Crippen LogP contribution in [0.3, 0.4) is 0 Å². The number of rotatable bonds is 11. The molecule has 2 aromatic heterocycles. The van der Waals surface area contributed by atoms with Gasteiger partial charge in [-0.2, -0.15) is 8.42 Å². The van der Waals surface area contributed by atoms with Crippen molar-refractivity contribution in [3.8, 4) is 0 Å². The Labute approximate surface area is 240 Å². The van der Waals surface area contributed by atoms with Crippen LogP contribution in [0.25, 0.3) is 0 Å². The fourth-order valence-corrected chi connectivity index (χ4v) is 11.2. The van der Waals surface area contributed by atoms with Crippen molar-refractivity contribution in [3.63, 3.8) is 0 Å². The van der Waals surface area contributed by atoms with Crippen molar-refractivity contribution in [1.82, 2.24) is 14.7 Å². The summed E-state index contributed by atoms with van der Waals surface area (Å²) in [6.07, 6.45) is 4.13. The molecule has 41 heavy (non-hydrogen) atoms. The maximum atomic E-state index is 13.3. The van der Waals surface area contributed by atoms with E-state index in [9.17, 15) is 38.5 Å². The van der Waals surface area contributed by atoms with Crippen molar-refractivity contribution < 1.29 is 38.5 Å². The highest BCUT2D eigenvalue weighted by molar-refractivity contribution is 8.10. The zero-order valence-electron chi connectivity index (χ0n) is 23.1. The minimum Gasteiger partial charge on any atom is -0.368 e. The third kappa shape index (κ3) is 6.65. The van der Waals surface area contributed by atoms with Crippen LogP contribution in [0.5, 0.6) is 0 Å². The van der Waals surface area contributed by atoms with Gasteiger partial charge >= 0.3 is 0 Å². The summed E-state index contributed by atoms with van der Waals surface area (Å²) < 4.78 is 102. The van der Waals surface area contributed by atoms with E-state index in [1.165, 1.54) is 18.2 Å². The quantitative estimate of drug-likeness (QED) is 0.341. The molecule has 1 aliphatic rings. The van der Waals surface area contributed by atoms with Crippen LogP contribution in [0.4, 0.5) is 11.6 Å². The van der Waals surface area contributed by atoms with E-state index < -0.39 is 84.3 Å². The molecule has 0 aromatic carbocycles. The summed E-state index contributed by atoms with van der Waals surface area (Å²) in [5.41, 5.74) is -0.493. The molecule has 14 nitrogen and oxygen atoms in total. The van der Waals surface area contributed by atoms with Gasteiger partial charge in [0.15, 0.2) is 34.5 Å². The van der Waals surface area contributed by atoms with Crippen molar-refractivity contribution in [1.29, 1.82) is 0 Å². The molecule has 18 heteroatoms. The van der Waals surface area contributed by atoms with Gasteiger partial charge in [-0.25, -0.2) is 39.9 Å². The Kier molecular flexibility index (Phi) is 9.13. The summed E-state index contributed by atoms with van der Waals surface area (Å²) in [6, 6.07) is 6.55. The number of hydrogen-bond acceptors (Lipinski definition) is 13. The number of amides is 1. The van der Waals surface area contributed by atoms with Gasteiger partial charge in [0.05, 0.1) is 10.8 Å². The first-order valence-corrected chi connectivity index (χ1v) is 19.6. The molecule has 0 saturated carbocycles. The summed E-state index contributed by atoms with van der Waals surface area (Å²) in [4.78, 5) is 22.2. The van der Waals surface area contributed by atoms with E-state index in [2.05, 4.69) is 15.3 Å². The van der Waals surface area contributed by atoms with Gasteiger partial charge in [-0.15, -0.1) is 0 Å². The van der Waals surface area contributed by atoms with Crippen LogP contribution < -0.4 is 14.9 Å². The van der Waals surface area contributed by atoms with Gasteiger partial charge in [0, 0.05) is 44.0 Å². The van der Waals surface area contributed by atoms with E-state index in [1.54, 1.807) is 6.07 Å². The molecule has 0 radical (unpaired) electrons. The molecule has 3 heterocycles. The second-order valence-electron chi connectivity index (χ2n) is 10.0. The van der Waals surface area contributed by atoms with Crippen molar-refractivity contribution in [2.45, 2.75) is 53.6 Å². The molecule has 0 bridgehead atoms. The molecule has 1 fully saturated rings. The molecule has 1 saturated heterocycles. The van der Waals surface area contributed by atoms with Gasteiger partial charge in [0.25, 0.3) is 15.9 Å². The van der Waals surface area contributed by atoms with Crippen LogP contribution >= 0.6 is 0 Å². The first-order chi connectivity index (χ1) is 18.7. The SMILES string of the molecule is CCCC(C)Nc1cccc(S(=O)(=O)NC(=O)c2cccnc2N2CC(S(C)(=O)=O)CC2(S(C)(=O)=O)S(C)(=O)=O)n1. The minimum absolute atomic E-state index is 0.000765. The third-order valence-corrected chi connectivity index (χ3v) is 14.3. The van der Waals surface area contributed by atoms with Gasteiger partial charge in [-0.05, 0) is 37.6 Å². The monoisotopic (exact) mass is 651 g/mol. The number of carbonyl (C=O) groups is 1. The average molecular weight is 652 g/mol. The lowest BCUT2D eigenvalue weighted by Crippen LogP contribution is -2.56. The lowest BCUT2D eigenvalue weighted by Gasteiger charge is -2.36. The normalized spacial score (nSPS) is 18.6. The van der Waals surface area contributed by atoms with Gasteiger partial charge in [0.2, 0.25) is 4.20 Å². The zero-order valence-corrected chi connectivity index (χ0v) is 26.4. The number of nitrogens with one attached hydrogen (secondary N) is 2. The number of pyridine rings is 2. The summed E-state index contributed by atoms with van der Waals surface area (Å²) in [5, 5.41) is 1.15. The summed E-state index contributed by atoms with van der Waals surface area (Å²) in [7, 11) is -17.7. The van der Waals surface area contributed by atoms with Crippen molar-refractivity contribution in [2.24, 2.45) is 0 Å². The van der Waals surface area contributed by atoms with Gasteiger partial charge in [-0.1, -0.05) is 19.4 Å². The maximum Gasteiger partial charge on any atom is 0.281 e. The molecule has 2 unspecified atom stereocenters. The molecule has 2 aromatic rings. The van der Waals surface area contributed by atoms with E-state index in [0.717, 1.165) is 36.3 Å². The fourth-order valence-electron chi connectivity index (χ4n) is 4.74. The highest BCUT2D eigenvalue weighted by Crippen LogP contribution is 2.44. The van der Waals surface area contributed by atoms with E-state index in [1.807, 2.05) is 18.6 Å². The van der Waals surface area contributed by atoms with Gasteiger partial charge in [-0.3, -0.25) is 4.79 Å². The molecular weight excluding hydrogens is 619 g/mol. The molecule has 228 valence electrons. The Bertz CT molecular complexity index is 1730. The van der Waals surface area contributed by atoms with Crippen LogP contribution in [0.15, 0.2) is 41.6 Å². The lowest BCUT2D eigenvalue weighted by molar-refractivity contribution is 0.0981. The van der Waals surface area contributed by atoms with Crippen LogP contribution in [0, 0.1) is 0 Å². The lowest BCUT2D eigenvalue weighted by atomic mass is 10.2. The van der Waals surface area contributed by atoms with Crippen molar-refractivity contribution in [3.05, 3.63) is 42.1 Å². The molecule has 2 atom stereocenters. The van der Waals surface area contributed by atoms with Crippen LogP contribution in [-0.2, 0) is 39.5 Å². The predicted octanol–water partition coefficient (Wildman–Crippen LogP) is 0.562. The largest absolute Gasteiger partial charge is 0.368 e. The standard InChI is InChI=1S/C23H33N5O9S4/c1-6-9-16(2)25-19-11-7-12-20(26-19)41(36,37)27-22(29)18-10-8-13-24-21(18)28-15-17(38(3,30)31)14-23(28,39(4,32)33)40(5,34)35/h7-8,10-13,16-17H,6,9,14-15H2,1-5H3,(H,25,26)(H,27,29). The van der Waals surface area contributed by atoms with E-state index in [-0.39, 0.29) is 11.9 Å². The summed E-state index contributed by atoms with van der Waals surface area (Å²) in [6.45, 7) is 3.26. The molecule has 2 N–H and O–H groups in total. The van der Waals surface area contributed by atoms with Crippen LogP contribution in [0.1, 0.15) is 43.5 Å². The number of nitrogens with zero attached hydrogens (tertiary/aromatic N) is 3. The van der Waals surface area contributed by atoms with E-state index in [4.69, 9.17) is 0 Å². The number of anilines is 2. The Hall–Kier alpha value is -2.83. The second kappa shape index (κ2) is 11.4. The van der Waals surface area contributed by atoms with E-state index in [0.29, 0.717) is 12.5 Å². The molecule has 3 rings (SSSR count). The number of aromatic nitrogens is 2. The molecule has 0 spiro atoms. The Morgan fingerprint density at radius 1 is 1.02 bits per heavy atom. The molecule has 0 aliphatic carbocycles. The minimum atomic E-state index is -4.59. The number of sulfone groups is 3. The number of sulfonamides is 1. The highest BCUT2D eigenvalue weighted by Gasteiger charge is 2.63. The van der Waals surface area contributed by atoms with Gasteiger partial charge < -0.3 is 10.2 Å². The smallest absolute Gasteiger partial charge is 0.281 e. The van der Waals surface area contributed by atoms with Crippen molar-refractivity contribution in [2.75, 3.05) is 35.5 Å². The molecule has 1 amide bonds. The highest BCUT2D eigenvalue weighted by atomic mass is 32.3.